The van der Waals surface area contributed by atoms with Gasteiger partial charge in [0.05, 0.1) is 11.2 Å². The van der Waals surface area contributed by atoms with Crippen LogP contribution in [0.2, 0.25) is 0 Å². The molecule has 4 rings (SSSR count). The number of fused-ring (bicyclic) bond motifs is 1. The van der Waals surface area contributed by atoms with Gasteiger partial charge in [-0.2, -0.15) is 13.2 Å². The molecule has 2 aromatic carbocycles. The molecule has 0 N–H and O–H groups in total. The van der Waals surface area contributed by atoms with E-state index in [1.807, 2.05) is 0 Å². The lowest BCUT2D eigenvalue weighted by Crippen LogP contribution is -2.66. The number of benzene rings is 2. The number of thioether (sulfide) groups is 1. The summed E-state index contributed by atoms with van der Waals surface area (Å²) in [6, 6.07) is 13.5. The molecule has 0 aliphatic carbocycles. The third kappa shape index (κ3) is 7.06. The molecule has 1 unspecified atom stereocenters. The molecular formula is C25H20N4O12S2. The molecule has 3 atom stereocenters. The molecule has 2 aliphatic rings. The lowest BCUT2D eigenvalue weighted by atomic mass is 9.91. The monoisotopic (exact) mass is 632 g/mol. The van der Waals surface area contributed by atoms with E-state index in [-0.39, 0.29) is 25.2 Å². The highest BCUT2D eigenvalue weighted by Crippen LogP contribution is 2.47. The fourth-order valence-corrected chi connectivity index (χ4v) is 5.76. The molecule has 2 aromatic rings. The summed E-state index contributed by atoms with van der Waals surface area (Å²) >= 11 is 0.566. The quantitative estimate of drug-likeness (QED) is 0.0505. The van der Waals surface area contributed by atoms with Crippen molar-refractivity contribution < 1.29 is 55.7 Å². The fraction of sp³-hybridized carbons (Fsp3) is 0.240. The summed E-state index contributed by atoms with van der Waals surface area (Å²) in [7, 11) is -4.31. The highest BCUT2D eigenvalue weighted by atomic mass is 32.2. The summed E-state index contributed by atoms with van der Waals surface area (Å²) in [5.74, 6) is -4.33. The second kappa shape index (κ2) is 12.8. The molecular weight excluding hydrogens is 612 g/mol. The first kappa shape index (κ1) is 30.9. The predicted molar refractivity (Wildman–Crippen MR) is 144 cm³/mol. The number of β-lactam (4-membered cyclic amide) rings is 1. The molecule has 16 nitrogen and oxygen atoms in total. The predicted octanol–water partition coefficient (Wildman–Crippen LogP) is 1.91. The van der Waals surface area contributed by atoms with Gasteiger partial charge in [-0.05, 0) is 35.0 Å². The average molecular weight is 633 g/mol. The topological polar surface area (TPSA) is 222 Å². The number of carbonyl (C=O) groups is 4. The summed E-state index contributed by atoms with van der Waals surface area (Å²) in [4.78, 5) is 64.6. The minimum absolute atomic E-state index is 0.156. The molecule has 0 aromatic heterocycles. The van der Waals surface area contributed by atoms with E-state index in [0.717, 1.165) is 4.90 Å². The van der Waals surface area contributed by atoms with E-state index >= 15 is 0 Å². The third-order valence-electron chi connectivity index (χ3n) is 5.92. The smallest absolute Gasteiger partial charge is 0.456 e. The minimum Gasteiger partial charge on any atom is -0.456 e. The van der Waals surface area contributed by atoms with Gasteiger partial charge in [-0.15, -0.1) is 0 Å². The second-order valence-corrected chi connectivity index (χ2v) is 11.5. The maximum Gasteiger partial charge on any atom is 0.509 e. The van der Waals surface area contributed by atoms with Gasteiger partial charge in [0.15, 0.2) is 18.1 Å². The molecule has 0 radical (unpaired) electrons. The van der Waals surface area contributed by atoms with Crippen LogP contribution in [0.25, 0.3) is 5.53 Å². The Hall–Kier alpha value is -5.06. The van der Waals surface area contributed by atoms with Gasteiger partial charge < -0.3 is 23.9 Å². The Morgan fingerprint density at radius 1 is 1.12 bits per heavy atom. The first-order valence-electron chi connectivity index (χ1n) is 12.0. The zero-order chi connectivity index (χ0) is 31.3. The van der Waals surface area contributed by atoms with Crippen LogP contribution in [0.3, 0.4) is 0 Å². The van der Waals surface area contributed by atoms with Gasteiger partial charge in [0.2, 0.25) is 5.91 Å². The number of amides is 1. The van der Waals surface area contributed by atoms with Crippen molar-refractivity contribution in [2.24, 2.45) is 5.92 Å². The number of nitro groups is 1. The number of hydrogen-bond donors (Lipinski definition) is 0. The summed E-state index contributed by atoms with van der Waals surface area (Å²) in [5, 5.41) is 9.06. The number of non-ortho nitro benzene ring substituents is 1. The van der Waals surface area contributed by atoms with E-state index in [1.54, 1.807) is 30.3 Å². The van der Waals surface area contributed by atoms with Crippen LogP contribution in [-0.4, -0.2) is 70.1 Å². The van der Waals surface area contributed by atoms with E-state index < -0.39 is 67.0 Å². The molecule has 43 heavy (non-hydrogen) atoms. The van der Waals surface area contributed by atoms with Crippen molar-refractivity contribution in [3.8, 4) is 0 Å². The van der Waals surface area contributed by atoms with E-state index in [1.165, 1.54) is 24.3 Å². The molecule has 18 heteroatoms. The number of nitrogens with zero attached hydrogens (tertiary/aromatic N) is 4. The lowest BCUT2D eigenvalue weighted by molar-refractivity contribution is -0.384. The van der Waals surface area contributed by atoms with Crippen molar-refractivity contribution in [3.05, 3.63) is 92.8 Å². The SMILES string of the molecule is CS(=O)(=O)OC1=C(C(=O)OCc2ccccc2)N2C(=O)[C@H](C(C=O)OC(=O)OCc3ccc([N+](=O)[O-])cc3)[C@@H]2SC1=[N+]=[N-]. The van der Waals surface area contributed by atoms with Crippen LogP contribution in [0, 0.1) is 16.0 Å². The van der Waals surface area contributed by atoms with Gasteiger partial charge in [-0.1, -0.05) is 30.3 Å². The van der Waals surface area contributed by atoms with Crippen LogP contribution < -0.4 is 0 Å². The molecule has 1 amide bonds. The van der Waals surface area contributed by atoms with Gasteiger partial charge in [0.1, 0.15) is 24.5 Å². The maximum absolute atomic E-state index is 13.3. The molecule has 0 spiro atoms. The van der Waals surface area contributed by atoms with Crippen molar-refractivity contribution in [1.29, 1.82) is 0 Å². The van der Waals surface area contributed by atoms with Crippen LogP contribution in [0.1, 0.15) is 11.1 Å². The summed E-state index contributed by atoms with van der Waals surface area (Å²) in [5.41, 5.74) is 9.65. The molecule has 1 fully saturated rings. The van der Waals surface area contributed by atoms with Gasteiger partial charge in [-0.3, -0.25) is 24.6 Å². The Labute approximate surface area is 247 Å². The van der Waals surface area contributed by atoms with Crippen LogP contribution in [0.5, 0.6) is 0 Å². The number of hydrogen-bond acceptors (Lipinski definition) is 13. The van der Waals surface area contributed by atoms with Gasteiger partial charge in [0.25, 0.3) is 11.4 Å². The molecule has 2 heterocycles. The minimum atomic E-state index is -4.31. The third-order valence-corrected chi connectivity index (χ3v) is 7.63. The Balaban J connectivity index is 1.53. The summed E-state index contributed by atoms with van der Waals surface area (Å²) in [6.07, 6.45) is -2.26. The van der Waals surface area contributed by atoms with Crippen molar-refractivity contribution in [2.75, 3.05) is 6.26 Å². The maximum atomic E-state index is 13.3. The second-order valence-electron chi connectivity index (χ2n) is 8.86. The number of nitro benzene ring substituents is 1. The van der Waals surface area contributed by atoms with Crippen molar-refractivity contribution in [1.82, 2.24) is 4.90 Å². The van der Waals surface area contributed by atoms with Crippen molar-refractivity contribution in [3.63, 3.8) is 0 Å². The van der Waals surface area contributed by atoms with Crippen LogP contribution in [-0.2, 0) is 56.1 Å². The molecule has 224 valence electrons. The summed E-state index contributed by atoms with van der Waals surface area (Å²) < 4.78 is 44.0. The van der Waals surface area contributed by atoms with E-state index in [2.05, 4.69) is 4.79 Å². The number of esters is 1. The van der Waals surface area contributed by atoms with Gasteiger partial charge in [0, 0.05) is 12.1 Å². The number of rotatable bonds is 11. The first-order chi connectivity index (χ1) is 20.4. The van der Waals surface area contributed by atoms with Crippen LogP contribution in [0.4, 0.5) is 10.5 Å². The summed E-state index contributed by atoms with van der Waals surface area (Å²) in [6.45, 7) is -0.649. The fourth-order valence-electron chi connectivity index (χ4n) is 4.00. The average Bonchev–Trinajstić information content (AvgIpc) is 2.98. The number of aldehydes is 1. The number of ether oxygens (including phenoxy) is 3. The van der Waals surface area contributed by atoms with Crippen LogP contribution >= 0.6 is 11.8 Å². The Morgan fingerprint density at radius 2 is 1.74 bits per heavy atom. The van der Waals surface area contributed by atoms with Gasteiger partial charge in [-0.25, -0.2) is 9.59 Å². The van der Waals surface area contributed by atoms with E-state index in [9.17, 15) is 43.2 Å². The normalized spacial score (nSPS) is 18.4. The molecule has 1 saturated heterocycles. The molecule has 2 aliphatic heterocycles. The van der Waals surface area contributed by atoms with E-state index in [0.29, 0.717) is 29.1 Å². The molecule has 0 bridgehead atoms. The Kier molecular flexibility index (Phi) is 9.23. The zero-order valence-electron chi connectivity index (χ0n) is 21.9. The largest absolute Gasteiger partial charge is 0.509 e. The lowest BCUT2D eigenvalue weighted by Gasteiger charge is -2.48. The van der Waals surface area contributed by atoms with E-state index in [4.69, 9.17) is 18.4 Å². The Bertz CT molecular complexity index is 1650. The zero-order valence-corrected chi connectivity index (χ0v) is 23.6. The van der Waals surface area contributed by atoms with Crippen molar-refractivity contribution in [2.45, 2.75) is 24.7 Å². The first-order valence-corrected chi connectivity index (χ1v) is 14.7. The van der Waals surface area contributed by atoms with Crippen LogP contribution in [0.15, 0.2) is 66.1 Å². The highest BCUT2D eigenvalue weighted by Gasteiger charge is 2.62. The van der Waals surface area contributed by atoms with Gasteiger partial charge >= 0.3 is 27.3 Å². The number of carbonyl (C=O) groups excluding carboxylic acids is 4. The van der Waals surface area contributed by atoms with Crippen molar-refractivity contribution >= 4 is 56.9 Å². The standard InChI is InChI=1S/C25H20N4O12S2/c1-43(36,37)41-20-19(24(32)38-12-14-5-3-2-4-6-14)28-22(31)18(23(28)42-21(20)27-26)17(11-30)40-25(33)39-13-15-7-9-16(10-8-15)29(34)35/h2-11,17-18,23H,12-13H2,1H3/t17?,18-,23-/m0/s1. The highest BCUT2D eigenvalue weighted by molar-refractivity contribution is 8.14. The Morgan fingerprint density at radius 3 is 2.33 bits per heavy atom. The molecule has 0 saturated carbocycles.